The first-order valence-corrected chi connectivity index (χ1v) is 10.4. The van der Waals surface area contributed by atoms with Gasteiger partial charge in [0.25, 0.3) is 5.91 Å². The Morgan fingerprint density at radius 2 is 1.90 bits per heavy atom. The Bertz CT molecular complexity index is 912. The zero-order valence-electron chi connectivity index (χ0n) is 17.4. The first kappa shape index (κ1) is 20.3. The summed E-state index contributed by atoms with van der Waals surface area (Å²) < 4.78 is 10.5. The van der Waals surface area contributed by atoms with Crippen LogP contribution >= 0.6 is 0 Å². The average molecular weight is 409 g/mol. The highest BCUT2D eigenvalue weighted by Crippen LogP contribution is 2.33. The van der Waals surface area contributed by atoms with E-state index < -0.39 is 0 Å². The van der Waals surface area contributed by atoms with Crippen LogP contribution in [0.2, 0.25) is 0 Å². The van der Waals surface area contributed by atoms with Crippen molar-refractivity contribution in [3.05, 3.63) is 59.5 Å². The largest absolute Gasteiger partial charge is 0.469 e. The number of hydrogen-bond acceptors (Lipinski definition) is 6. The molecule has 0 saturated carbocycles. The van der Waals surface area contributed by atoms with Crippen molar-refractivity contribution in [3.8, 4) is 0 Å². The number of benzene rings is 1. The van der Waals surface area contributed by atoms with Gasteiger partial charge in [-0.2, -0.15) is 5.10 Å². The number of furan rings is 1. The van der Waals surface area contributed by atoms with Crippen molar-refractivity contribution in [3.63, 3.8) is 0 Å². The van der Waals surface area contributed by atoms with Crippen molar-refractivity contribution in [2.45, 2.75) is 32.2 Å². The number of amides is 1. The summed E-state index contributed by atoms with van der Waals surface area (Å²) in [5.41, 5.74) is 3.09. The molecule has 0 bridgehead atoms. The minimum atomic E-state index is -0.239. The SMILES string of the molecule is COC(=O)C1CCN(CC(=O)N2N=C(c3ccc(C)cc3)C[C@H]2c2ccco2)CC1. The lowest BCUT2D eigenvalue weighted by molar-refractivity contribution is -0.147. The van der Waals surface area contributed by atoms with Gasteiger partial charge in [-0.15, -0.1) is 0 Å². The molecular formula is C23H27N3O4. The smallest absolute Gasteiger partial charge is 0.308 e. The van der Waals surface area contributed by atoms with E-state index >= 15 is 0 Å². The van der Waals surface area contributed by atoms with E-state index in [4.69, 9.17) is 9.15 Å². The maximum atomic E-state index is 13.2. The van der Waals surface area contributed by atoms with Crippen LogP contribution in [-0.2, 0) is 14.3 Å². The van der Waals surface area contributed by atoms with Crippen LogP contribution in [0.3, 0.4) is 0 Å². The molecule has 1 aromatic carbocycles. The molecule has 2 aromatic rings. The molecule has 7 heteroatoms. The number of likely N-dealkylation sites (tertiary alicyclic amines) is 1. The summed E-state index contributed by atoms with van der Waals surface area (Å²) in [6, 6.07) is 11.7. The van der Waals surface area contributed by atoms with E-state index in [-0.39, 0.29) is 30.4 Å². The summed E-state index contributed by atoms with van der Waals surface area (Å²) in [6.45, 7) is 3.71. The summed E-state index contributed by atoms with van der Waals surface area (Å²) in [4.78, 5) is 27.0. The highest BCUT2D eigenvalue weighted by atomic mass is 16.5. The first-order valence-electron chi connectivity index (χ1n) is 10.4. The lowest BCUT2D eigenvalue weighted by Crippen LogP contribution is -2.43. The molecule has 3 heterocycles. The molecule has 0 radical (unpaired) electrons. The molecule has 30 heavy (non-hydrogen) atoms. The van der Waals surface area contributed by atoms with Crippen LogP contribution in [0.5, 0.6) is 0 Å². The Hall–Kier alpha value is -2.93. The normalized spacial score (nSPS) is 20.3. The van der Waals surface area contributed by atoms with Gasteiger partial charge in [0.15, 0.2) is 0 Å². The van der Waals surface area contributed by atoms with E-state index in [9.17, 15) is 9.59 Å². The molecule has 2 aliphatic rings. The number of esters is 1. The Kier molecular flexibility index (Phi) is 5.99. The molecule has 0 spiro atoms. The lowest BCUT2D eigenvalue weighted by Gasteiger charge is -2.31. The maximum Gasteiger partial charge on any atom is 0.308 e. The van der Waals surface area contributed by atoms with Gasteiger partial charge >= 0.3 is 5.97 Å². The number of nitrogens with zero attached hydrogens (tertiary/aromatic N) is 3. The van der Waals surface area contributed by atoms with Gasteiger partial charge in [-0.3, -0.25) is 14.5 Å². The third-order valence-electron chi connectivity index (χ3n) is 5.90. The molecule has 1 amide bonds. The Morgan fingerprint density at radius 3 is 2.53 bits per heavy atom. The minimum Gasteiger partial charge on any atom is -0.469 e. The topological polar surface area (TPSA) is 75.3 Å². The van der Waals surface area contributed by atoms with E-state index in [1.54, 1.807) is 11.3 Å². The third kappa shape index (κ3) is 4.31. The van der Waals surface area contributed by atoms with E-state index in [1.165, 1.54) is 12.7 Å². The lowest BCUT2D eigenvalue weighted by atomic mass is 9.97. The van der Waals surface area contributed by atoms with Gasteiger partial charge in [0.05, 0.1) is 31.5 Å². The molecule has 1 saturated heterocycles. The van der Waals surface area contributed by atoms with Crippen molar-refractivity contribution in [2.75, 3.05) is 26.7 Å². The Labute approximate surface area is 176 Å². The van der Waals surface area contributed by atoms with Crippen molar-refractivity contribution in [1.82, 2.24) is 9.91 Å². The molecule has 4 rings (SSSR count). The third-order valence-corrected chi connectivity index (χ3v) is 5.90. The standard InChI is InChI=1S/C23H27N3O4/c1-16-5-7-17(8-6-16)19-14-20(21-4-3-13-30-21)26(24-19)22(27)15-25-11-9-18(10-12-25)23(28)29-2/h3-8,13,18,20H,9-12,14-15H2,1-2H3/t20-/m0/s1. The summed E-state index contributed by atoms with van der Waals surface area (Å²) in [6.07, 6.45) is 3.66. The van der Waals surface area contributed by atoms with E-state index in [0.29, 0.717) is 32.4 Å². The van der Waals surface area contributed by atoms with Crippen LogP contribution in [0.1, 0.15) is 42.2 Å². The second kappa shape index (κ2) is 8.83. The molecule has 1 atom stereocenters. The highest BCUT2D eigenvalue weighted by Gasteiger charge is 2.36. The number of piperidine rings is 1. The van der Waals surface area contributed by atoms with Gasteiger partial charge in [0, 0.05) is 6.42 Å². The number of carbonyl (C=O) groups is 2. The summed E-state index contributed by atoms with van der Waals surface area (Å²) in [5.74, 6) is 0.439. The molecule has 158 valence electrons. The fourth-order valence-electron chi connectivity index (χ4n) is 4.12. The van der Waals surface area contributed by atoms with Crippen LogP contribution in [0.4, 0.5) is 0 Å². The Balaban J connectivity index is 1.47. The van der Waals surface area contributed by atoms with Gasteiger partial charge in [-0.1, -0.05) is 29.8 Å². The molecule has 0 unspecified atom stereocenters. The van der Waals surface area contributed by atoms with E-state index in [1.807, 2.05) is 31.2 Å². The number of ether oxygens (including phenoxy) is 1. The highest BCUT2D eigenvalue weighted by molar-refractivity contribution is 6.03. The van der Waals surface area contributed by atoms with Crippen molar-refractivity contribution >= 4 is 17.6 Å². The van der Waals surface area contributed by atoms with Gasteiger partial charge < -0.3 is 9.15 Å². The zero-order valence-corrected chi connectivity index (χ0v) is 17.4. The van der Waals surface area contributed by atoms with Crippen molar-refractivity contribution < 1.29 is 18.7 Å². The molecule has 7 nitrogen and oxygen atoms in total. The van der Waals surface area contributed by atoms with E-state index in [2.05, 4.69) is 22.1 Å². The summed E-state index contributed by atoms with van der Waals surface area (Å²) in [7, 11) is 1.42. The molecule has 0 N–H and O–H groups in total. The zero-order chi connectivity index (χ0) is 21.1. The average Bonchev–Trinajstić information content (AvgIpc) is 3.44. The molecule has 2 aliphatic heterocycles. The Morgan fingerprint density at radius 1 is 1.17 bits per heavy atom. The number of hydrogen-bond donors (Lipinski definition) is 0. The van der Waals surface area contributed by atoms with Crippen LogP contribution in [-0.4, -0.2) is 54.2 Å². The molecule has 0 aliphatic carbocycles. The van der Waals surface area contributed by atoms with Crippen LogP contribution < -0.4 is 0 Å². The number of methoxy groups -OCH3 is 1. The monoisotopic (exact) mass is 409 g/mol. The van der Waals surface area contributed by atoms with Gasteiger partial charge in [-0.25, -0.2) is 5.01 Å². The number of carbonyl (C=O) groups excluding carboxylic acids is 2. The second-order valence-corrected chi connectivity index (χ2v) is 7.96. The fraction of sp³-hybridized carbons (Fsp3) is 0.435. The fourth-order valence-corrected chi connectivity index (χ4v) is 4.12. The van der Waals surface area contributed by atoms with Gasteiger partial charge in [-0.05, 0) is 50.6 Å². The predicted molar refractivity (Wildman–Crippen MR) is 112 cm³/mol. The second-order valence-electron chi connectivity index (χ2n) is 7.96. The van der Waals surface area contributed by atoms with Gasteiger partial charge in [0.2, 0.25) is 0 Å². The maximum absolute atomic E-state index is 13.2. The molecule has 1 aromatic heterocycles. The number of aryl methyl sites for hydroxylation is 1. The van der Waals surface area contributed by atoms with Crippen LogP contribution in [0, 0.1) is 12.8 Å². The quantitative estimate of drug-likeness (QED) is 0.709. The first-order chi connectivity index (χ1) is 14.5. The molecular weight excluding hydrogens is 382 g/mol. The van der Waals surface area contributed by atoms with Crippen LogP contribution in [0.15, 0.2) is 52.2 Å². The van der Waals surface area contributed by atoms with Crippen LogP contribution in [0.25, 0.3) is 0 Å². The summed E-state index contributed by atoms with van der Waals surface area (Å²) in [5, 5.41) is 6.26. The molecule has 1 fully saturated rings. The van der Waals surface area contributed by atoms with Crippen molar-refractivity contribution in [1.29, 1.82) is 0 Å². The summed E-state index contributed by atoms with van der Waals surface area (Å²) >= 11 is 0. The van der Waals surface area contributed by atoms with E-state index in [0.717, 1.165) is 17.0 Å². The number of rotatable bonds is 5. The number of hydrazone groups is 1. The predicted octanol–water partition coefficient (Wildman–Crippen LogP) is 3.15. The van der Waals surface area contributed by atoms with Gasteiger partial charge in [0.1, 0.15) is 11.8 Å². The van der Waals surface area contributed by atoms with Crippen molar-refractivity contribution in [2.24, 2.45) is 11.0 Å². The minimum absolute atomic E-state index is 0.0602.